The summed E-state index contributed by atoms with van der Waals surface area (Å²) in [4.78, 5) is 13.5. The zero-order chi connectivity index (χ0) is 7.98. The highest BCUT2D eigenvalue weighted by atomic mass is 16.5. The number of carbonyl (C=O) groups is 1. The Kier molecular flexibility index (Phi) is 3.78. The van der Waals surface area contributed by atoms with Gasteiger partial charge in [-0.3, -0.25) is 4.99 Å². The number of carbonyl (C=O) groups excluding carboxylic acids is 1. The molecule has 0 aliphatic heterocycles. The van der Waals surface area contributed by atoms with Crippen molar-refractivity contribution < 1.29 is 9.53 Å². The summed E-state index contributed by atoms with van der Waals surface area (Å²) in [6.07, 6.45) is -0.828. The van der Waals surface area contributed by atoms with E-state index in [1.807, 2.05) is 0 Å². The molecule has 6 N–H and O–H groups in total. The normalized spacial score (nSPS) is 8.40. The lowest BCUT2D eigenvalue weighted by Gasteiger charge is -1.96. The number of nitrogens with zero attached hydrogens (tertiary/aromatic N) is 1. The van der Waals surface area contributed by atoms with Crippen LogP contribution in [0.3, 0.4) is 0 Å². The van der Waals surface area contributed by atoms with E-state index in [0.29, 0.717) is 0 Å². The summed E-state index contributed by atoms with van der Waals surface area (Å²) in [6.45, 7) is 0.346. The molecule has 0 saturated carbocycles. The molecule has 6 heteroatoms. The molecule has 0 heterocycles. The molecule has 0 fully saturated rings. The van der Waals surface area contributed by atoms with E-state index in [9.17, 15) is 4.79 Å². The first-order valence-corrected chi connectivity index (χ1v) is 2.60. The zero-order valence-corrected chi connectivity index (χ0v) is 5.41. The average Bonchev–Trinajstić information content (AvgIpc) is 1.79. The molecule has 0 aromatic rings. The van der Waals surface area contributed by atoms with E-state index in [-0.39, 0.29) is 19.1 Å². The molecule has 0 radical (unpaired) electrons. The lowest BCUT2D eigenvalue weighted by molar-refractivity contribution is 0.160. The van der Waals surface area contributed by atoms with Crippen LogP contribution in [0, 0.1) is 0 Å². The molecule has 0 atom stereocenters. The Morgan fingerprint density at radius 1 is 1.40 bits per heavy atom. The number of amides is 1. The molecule has 0 saturated heterocycles. The summed E-state index contributed by atoms with van der Waals surface area (Å²) in [5.74, 6) is -0.0342. The van der Waals surface area contributed by atoms with Gasteiger partial charge in [-0.25, -0.2) is 4.79 Å². The second-order valence-electron chi connectivity index (χ2n) is 1.47. The molecule has 0 rings (SSSR count). The molecule has 0 aromatic carbocycles. The third-order valence-corrected chi connectivity index (χ3v) is 0.630. The first-order valence-electron chi connectivity index (χ1n) is 2.60. The Morgan fingerprint density at radius 2 is 2.00 bits per heavy atom. The molecule has 0 spiro atoms. The molecular formula is C4H10N4O2. The van der Waals surface area contributed by atoms with Crippen LogP contribution < -0.4 is 17.2 Å². The maximum Gasteiger partial charge on any atom is 0.404 e. The van der Waals surface area contributed by atoms with Crippen molar-refractivity contribution in [3.05, 3.63) is 0 Å². The highest BCUT2D eigenvalue weighted by Gasteiger charge is 1.90. The summed E-state index contributed by atoms with van der Waals surface area (Å²) in [5.41, 5.74) is 14.6. The molecule has 6 nitrogen and oxygen atoms in total. The van der Waals surface area contributed by atoms with Gasteiger partial charge >= 0.3 is 6.09 Å². The van der Waals surface area contributed by atoms with Gasteiger partial charge in [0, 0.05) is 0 Å². The fraction of sp³-hybridized carbons (Fsp3) is 0.500. The van der Waals surface area contributed by atoms with E-state index >= 15 is 0 Å². The van der Waals surface area contributed by atoms with Crippen LogP contribution in [0.4, 0.5) is 4.79 Å². The molecule has 0 unspecified atom stereocenters. The van der Waals surface area contributed by atoms with Crippen LogP contribution in [0.2, 0.25) is 0 Å². The number of hydrogen-bond acceptors (Lipinski definition) is 3. The number of aliphatic imine (C=N–C) groups is 1. The van der Waals surface area contributed by atoms with Gasteiger partial charge in [0.15, 0.2) is 5.96 Å². The molecule has 0 aliphatic rings. The number of hydrogen-bond donors (Lipinski definition) is 3. The van der Waals surface area contributed by atoms with Crippen LogP contribution in [0.15, 0.2) is 4.99 Å². The van der Waals surface area contributed by atoms with Gasteiger partial charge in [-0.2, -0.15) is 0 Å². The van der Waals surface area contributed by atoms with Gasteiger partial charge in [-0.15, -0.1) is 0 Å². The van der Waals surface area contributed by atoms with Gasteiger partial charge < -0.3 is 21.9 Å². The van der Waals surface area contributed by atoms with Crippen molar-refractivity contribution in [3.8, 4) is 0 Å². The van der Waals surface area contributed by atoms with Crippen molar-refractivity contribution in [1.29, 1.82) is 0 Å². The molecule has 10 heavy (non-hydrogen) atoms. The highest BCUT2D eigenvalue weighted by Crippen LogP contribution is 1.74. The Morgan fingerprint density at radius 3 is 2.40 bits per heavy atom. The lowest BCUT2D eigenvalue weighted by Crippen LogP contribution is -2.24. The van der Waals surface area contributed by atoms with Gasteiger partial charge in [0.05, 0.1) is 6.54 Å². The summed E-state index contributed by atoms with van der Waals surface area (Å²) >= 11 is 0. The van der Waals surface area contributed by atoms with E-state index in [1.165, 1.54) is 0 Å². The number of nitrogens with two attached hydrogens (primary N) is 3. The Labute approximate surface area is 58.0 Å². The molecular weight excluding hydrogens is 136 g/mol. The monoisotopic (exact) mass is 146 g/mol. The molecule has 0 aromatic heterocycles. The third kappa shape index (κ3) is 6.54. The lowest BCUT2D eigenvalue weighted by atomic mass is 10.7. The average molecular weight is 146 g/mol. The van der Waals surface area contributed by atoms with Gasteiger partial charge in [-0.05, 0) is 0 Å². The summed E-state index contributed by atoms with van der Waals surface area (Å²) in [7, 11) is 0. The largest absolute Gasteiger partial charge is 0.448 e. The molecule has 58 valence electrons. The highest BCUT2D eigenvalue weighted by molar-refractivity contribution is 5.75. The van der Waals surface area contributed by atoms with Crippen LogP contribution in [-0.2, 0) is 4.74 Å². The fourth-order valence-corrected chi connectivity index (χ4v) is 0.321. The van der Waals surface area contributed by atoms with Crippen LogP contribution >= 0.6 is 0 Å². The Balaban J connectivity index is 3.21. The maximum atomic E-state index is 9.93. The van der Waals surface area contributed by atoms with Crippen molar-refractivity contribution >= 4 is 12.1 Å². The molecule has 0 bridgehead atoms. The minimum absolute atomic E-state index is 0.0342. The summed E-state index contributed by atoms with van der Waals surface area (Å²) in [6, 6.07) is 0. The standard InChI is InChI=1S/C4H10N4O2/c5-3(6)8-1-2-10-4(7)9/h1-2H2,(H2,7,9)(H4,5,6,8). The minimum Gasteiger partial charge on any atom is -0.448 e. The topological polar surface area (TPSA) is 117 Å². The van der Waals surface area contributed by atoms with E-state index < -0.39 is 6.09 Å². The number of rotatable bonds is 3. The quantitative estimate of drug-likeness (QED) is 0.251. The van der Waals surface area contributed by atoms with Crippen molar-refractivity contribution in [2.24, 2.45) is 22.2 Å². The first-order chi connectivity index (χ1) is 4.63. The SMILES string of the molecule is NC(=O)OCCN=C(N)N. The van der Waals surface area contributed by atoms with E-state index in [4.69, 9.17) is 11.5 Å². The second kappa shape index (κ2) is 4.42. The van der Waals surface area contributed by atoms with Gasteiger partial charge in [-0.1, -0.05) is 0 Å². The predicted octanol–water partition coefficient (Wildman–Crippen LogP) is -1.64. The predicted molar refractivity (Wildman–Crippen MR) is 36.2 cm³/mol. The van der Waals surface area contributed by atoms with Crippen molar-refractivity contribution in [2.45, 2.75) is 0 Å². The van der Waals surface area contributed by atoms with Crippen molar-refractivity contribution in [3.63, 3.8) is 0 Å². The van der Waals surface area contributed by atoms with Gasteiger partial charge in [0.25, 0.3) is 0 Å². The van der Waals surface area contributed by atoms with Crippen LogP contribution in [0.25, 0.3) is 0 Å². The van der Waals surface area contributed by atoms with Crippen LogP contribution in [0.1, 0.15) is 0 Å². The number of ether oxygens (including phenoxy) is 1. The second-order valence-corrected chi connectivity index (χ2v) is 1.47. The van der Waals surface area contributed by atoms with Crippen LogP contribution in [-0.4, -0.2) is 25.2 Å². The zero-order valence-electron chi connectivity index (χ0n) is 5.41. The Hall–Kier alpha value is -1.46. The van der Waals surface area contributed by atoms with E-state index in [1.54, 1.807) is 0 Å². The fourth-order valence-electron chi connectivity index (χ4n) is 0.321. The molecule has 1 amide bonds. The minimum atomic E-state index is -0.828. The first kappa shape index (κ1) is 8.54. The van der Waals surface area contributed by atoms with Gasteiger partial charge in [0.2, 0.25) is 0 Å². The summed E-state index contributed by atoms with van der Waals surface area (Å²) in [5, 5.41) is 0. The third-order valence-electron chi connectivity index (χ3n) is 0.630. The van der Waals surface area contributed by atoms with E-state index in [2.05, 4.69) is 15.5 Å². The smallest absolute Gasteiger partial charge is 0.404 e. The van der Waals surface area contributed by atoms with Crippen molar-refractivity contribution in [1.82, 2.24) is 0 Å². The summed E-state index contributed by atoms with van der Waals surface area (Å²) < 4.78 is 4.31. The van der Waals surface area contributed by atoms with E-state index in [0.717, 1.165) is 0 Å². The maximum absolute atomic E-state index is 9.93. The Bertz CT molecular complexity index is 140. The molecule has 0 aliphatic carbocycles. The van der Waals surface area contributed by atoms with Crippen LogP contribution in [0.5, 0.6) is 0 Å². The number of primary amides is 1. The van der Waals surface area contributed by atoms with Crippen molar-refractivity contribution in [2.75, 3.05) is 13.2 Å². The number of guanidine groups is 1. The van der Waals surface area contributed by atoms with Gasteiger partial charge in [0.1, 0.15) is 6.61 Å².